The Morgan fingerprint density at radius 2 is 2.12 bits per heavy atom. The molecule has 1 fully saturated rings. The van der Waals surface area contributed by atoms with Gasteiger partial charge in [-0.1, -0.05) is 31.5 Å². The number of fused-ring (bicyclic) bond motifs is 1. The van der Waals surface area contributed by atoms with E-state index in [4.69, 9.17) is 0 Å². The molecule has 0 amide bonds. The van der Waals surface area contributed by atoms with Gasteiger partial charge in [-0.2, -0.15) is 5.10 Å². The van der Waals surface area contributed by atoms with E-state index in [0.717, 1.165) is 24.8 Å². The van der Waals surface area contributed by atoms with Crippen molar-refractivity contribution in [2.24, 2.45) is 0 Å². The quantitative estimate of drug-likeness (QED) is 0.793. The number of hydrogen-bond acceptors (Lipinski definition) is 5. The number of aromatic nitrogens is 2. The van der Waals surface area contributed by atoms with E-state index in [9.17, 15) is 13.2 Å². The molecule has 6 nitrogen and oxygen atoms in total. The van der Waals surface area contributed by atoms with Crippen LogP contribution in [0.1, 0.15) is 26.2 Å². The van der Waals surface area contributed by atoms with Gasteiger partial charge < -0.3 is 0 Å². The second-order valence-corrected chi connectivity index (χ2v) is 8.63. The fourth-order valence-electron chi connectivity index (χ4n) is 3.19. The van der Waals surface area contributed by atoms with E-state index in [-0.39, 0.29) is 23.1 Å². The van der Waals surface area contributed by atoms with Crippen LogP contribution in [-0.2, 0) is 16.5 Å². The third-order valence-corrected chi connectivity index (χ3v) is 6.35. The van der Waals surface area contributed by atoms with Crippen LogP contribution in [0.25, 0.3) is 10.8 Å². The van der Waals surface area contributed by atoms with Crippen molar-refractivity contribution in [1.29, 1.82) is 0 Å². The molecule has 0 radical (unpaired) electrons. The van der Waals surface area contributed by atoms with Crippen LogP contribution in [0.4, 0.5) is 0 Å². The first-order chi connectivity index (χ1) is 11.5. The fraction of sp³-hybridized carbons (Fsp3) is 0.529. The molecule has 0 spiro atoms. The van der Waals surface area contributed by atoms with Crippen LogP contribution in [0.2, 0.25) is 0 Å². The van der Waals surface area contributed by atoms with Crippen molar-refractivity contribution >= 4 is 20.6 Å². The van der Waals surface area contributed by atoms with Crippen molar-refractivity contribution < 1.29 is 8.42 Å². The monoisotopic (exact) mass is 349 g/mol. The molecule has 3 rings (SSSR count). The zero-order valence-corrected chi connectivity index (χ0v) is 14.7. The van der Waals surface area contributed by atoms with Gasteiger partial charge in [-0.05, 0) is 18.9 Å². The van der Waals surface area contributed by atoms with E-state index in [0.29, 0.717) is 18.5 Å². The number of sulfone groups is 1. The van der Waals surface area contributed by atoms with Crippen LogP contribution in [0.5, 0.6) is 0 Å². The summed E-state index contributed by atoms with van der Waals surface area (Å²) in [7, 11) is -2.95. The maximum Gasteiger partial charge on any atom is 0.275 e. The summed E-state index contributed by atoms with van der Waals surface area (Å²) in [6.45, 7) is 3.21. The Kier molecular flexibility index (Phi) is 5.01. The van der Waals surface area contributed by atoms with Gasteiger partial charge in [0.1, 0.15) is 0 Å². The SMILES string of the molecule is CCCCN(Cn1ncc2ccccc2c1=O)C1CCS(=O)(=O)C1. The minimum atomic E-state index is -2.95. The van der Waals surface area contributed by atoms with Crippen LogP contribution in [0.15, 0.2) is 35.3 Å². The van der Waals surface area contributed by atoms with Gasteiger partial charge in [0.15, 0.2) is 9.84 Å². The molecule has 0 N–H and O–H groups in total. The molecule has 130 valence electrons. The number of unbranched alkanes of at least 4 members (excludes halogenated alkanes) is 1. The van der Waals surface area contributed by atoms with Crippen LogP contribution in [0.3, 0.4) is 0 Å². The van der Waals surface area contributed by atoms with Crippen LogP contribution in [0, 0.1) is 0 Å². The summed E-state index contributed by atoms with van der Waals surface area (Å²) in [5, 5.41) is 5.74. The summed E-state index contributed by atoms with van der Waals surface area (Å²) in [6, 6.07) is 7.36. The highest BCUT2D eigenvalue weighted by Gasteiger charge is 2.32. The Balaban J connectivity index is 1.87. The fourth-order valence-corrected chi connectivity index (χ4v) is 4.96. The molecule has 0 bridgehead atoms. The van der Waals surface area contributed by atoms with E-state index in [1.807, 2.05) is 18.2 Å². The highest BCUT2D eigenvalue weighted by Crippen LogP contribution is 2.19. The van der Waals surface area contributed by atoms with Crippen LogP contribution >= 0.6 is 0 Å². The average Bonchev–Trinajstić information content (AvgIpc) is 2.93. The molecule has 1 atom stereocenters. The highest BCUT2D eigenvalue weighted by molar-refractivity contribution is 7.91. The Labute approximate surface area is 142 Å². The summed E-state index contributed by atoms with van der Waals surface area (Å²) in [6.07, 6.45) is 4.32. The Hall–Kier alpha value is -1.73. The molecule has 1 aliphatic heterocycles. The second-order valence-electron chi connectivity index (χ2n) is 6.40. The number of hydrogen-bond donors (Lipinski definition) is 0. The maximum absolute atomic E-state index is 12.6. The van der Waals surface area contributed by atoms with E-state index in [1.54, 1.807) is 12.3 Å². The Bertz CT molecular complexity index is 876. The smallest absolute Gasteiger partial charge is 0.275 e. The molecular formula is C17H23N3O3S. The Morgan fingerprint density at radius 3 is 2.83 bits per heavy atom. The summed E-state index contributed by atoms with van der Waals surface area (Å²) in [4.78, 5) is 14.7. The minimum absolute atomic E-state index is 0.0262. The van der Waals surface area contributed by atoms with Crippen molar-refractivity contribution in [2.45, 2.75) is 38.9 Å². The third kappa shape index (κ3) is 3.67. The first-order valence-corrected chi connectivity index (χ1v) is 10.2. The molecule has 0 saturated carbocycles. The largest absolute Gasteiger partial charge is 0.280 e. The number of benzene rings is 1. The lowest BCUT2D eigenvalue weighted by Gasteiger charge is -2.28. The van der Waals surface area contributed by atoms with Crippen LogP contribution < -0.4 is 5.56 Å². The van der Waals surface area contributed by atoms with E-state index < -0.39 is 9.84 Å². The molecular weight excluding hydrogens is 326 g/mol. The summed E-state index contributed by atoms with van der Waals surface area (Å²) in [5.74, 6) is 0.416. The standard InChI is InChI=1S/C17H23N3O3S/c1-2-3-9-19(15-8-10-24(22,23)12-15)13-20-17(21)16-7-5-4-6-14(16)11-18-20/h4-7,11,15H,2-3,8-10,12-13H2,1H3. The molecule has 24 heavy (non-hydrogen) atoms. The summed E-state index contributed by atoms with van der Waals surface area (Å²) >= 11 is 0. The van der Waals surface area contributed by atoms with Gasteiger partial charge in [-0.25, -0.2) is 13.1 Å². The predicted molar refractivity (Wildman–Crippen MR) is 94.7 cm³/mol. The molecule has 7 heteroatoms. The Morgan fingerprint density at radius 1 is 1.33 bits per heavy atom. The van der Waals surface area contributed by atoms with E-state index in [2.05, 4.69) is 16.9 Å². The molecule has 2 aromatic rings. The average molecular weight is 349 g/mol. The van der Waals surface area contributed by atoms with Crippen molar-refractivity contribution in [2.75, 3.05) is 18.1 Å². The van der Waals surface area contributed by atoms with Gasteiger partial charge in [0.25, 0.3) is 5.56 Å². The number of nitrogens with zero attached hydrogens (tertiary/aromatic N) is 3. The summed E-state index contributed by atoms with van der Waals surface area (Å²) in [5.41, 5.74) is -0.129. The van der Waals surface area contributed by atoms with Gasteiger partial charge in [0.05, 0.1) is 29.8 Å². The van der Waals surface area contributed by atoms with Crippen molar-refractivity contribution in [3.63, 3.8) is 0 Å². The maximum atomic E-state index is 12.6. The molecule has 0 aliphatic carbocycles. The number of rotatable bonds is 6. The normalized spacial score (nSPS) is 20.0. The highest BCUT2D eigenvalue weighted by atomic mass is 32.2. The lowest BCUT2D eigenvalue weighted by Crippen LogP contribution is -2.41. The van der Waals surface area contributed by atoms with Gasteiger partial charge in [0.2, 0.25) is 0 Å². The zero-order valence-electron chi connectivity index (χ0n) is 13.9. The first-order valence-electron chi connectivity index (χ1n) is 8.39. The molecule has 1 unspecified atom stereocenters. The van der Waals surface area contributed by atoms with Crippen molar-refractivity contribution in [3.8, 4) is 0 Å². The van der Waals surface area contributed by atoms with Crippen LogP contribution in [-0.4, -0.2) is 47.2 Å². The molecule has 1 aromatic carbocycles. The topological polar surface area (TPSA) is 72.3 Å². The van der Waals surface area contributed by atoms with Gasteiger partial charge >= 0.3 is 0 Å². The molecule has 1 saturated heterocycles. The van der Waals surface area contributed by atoms with E-state index >= 15 is 0 Å². The predicted octanol–water partition coefficient (Wildman–Crippen LogP) is 1.64. The lowest BCUT2D eigenvalue weighted by atomic mass is 10.2. The van der Waals surface area contributed by atoms with Gasteiger partial charge in [0, 0.05) is 18.0 Å². The minimum Gasteiger partial charge on any atom is -0.280 e. The summed E-state index contributed by atoms with van der Waals surface area (Å²) < 4.78 is 25.1. The lowest BCUT2D eigenvalue weighted by molar-refractivity contribution is 0.151. The van der Waals surface area contributed by atoms with Gasteiger partial charge in [-0.15, -0.1) is 0 Å². The van der Waals surface area contributed by atoms with Crippen molar-refractivity contribution in [1.82, 2.24) is 14.7 Å². The zero-order chi connectivity index (χ0) is 17.2. The van der Waals surface area contributed by atoms with Gasteiger partial charge in [-0.3, -0.25) is 9.69 Å². The third-order valence-electron chi connectivity index (χ3n) is 4.60. The molecule has 2 heterocycles. The first kappa shape index (κ1) is 17.1. The van der Waals surface area contributed by atoms with Crippen molar-refractivity contribution in [3.05, 3.63) is 40.8 Å². The second kappa shape index (κ2) is 7.03. The molecule has 1 aromatic heterocycles. The molecule has 1 aliphatic rings. The van der Waals surface area contributed by atoms with E-state index in [1.165, 1.54) is 4.68 Å².